The molecule has 42 heavy (non-hydrogen) atoms. The van der Waals surface area contributed by atoms with Crippen LogP contribution in [0, 0.1) is 22.9 Å². The lowest BCUT2D eigenvalue weighted by Crippen LogP contribution is -1.93. The van der Waals surface area contributed by atoms with Gasteiger partial charge in [-0.05, 0) is 36.7 Å². The van der Waals surface area contributed by atoms with Crippen LogP contribution in [0.2, 0.25) is 0 Å². The maximum atomic E-state index is 8.31. The summed E-state index contributed by atoms with van der Waals surface area (Å²) in [4.78, 5) is 0. The molecule has 0 amide bonds. The predicted octanol–water partition coefficient (Wildman–Crippen LogP) is 13.2. The highest BCUT2D eigenvalue weighted by atomic mass is 32.2. The summed E-state index contributed by atoms with van der Waals surface area (Å²) < 4.78 is 5.24. The van der Waals surface area contributed by atoms with E-state index in [1.165, 1.54) is 217 Å². The zero-order chi connectivity index (χ0) is 30.9. The molecule has 0 saturated carbocycles. The Labute approximate surface area is 273 Å². The standard InChI is InChI=1S/2C18H36N2S/c2*1-2-3-4-5-6-7-8-9-10-11-12-13-14-15-16-17-21-20-18-19/h2*20H,2-17H2,1H3. The summed E-state index contributed by atoms with van der Waals surface area (Å²) in [5.74, 6) is 2.12. The van der Waals surface area contributed by atoms with Crippen LogP contribution >= 0.6 is 23.9 Å². The monoisotopic (exact) mass is 625 g/mol. The zero-order valence-electron chi connectivity index (χ0n) is 28.3. The summed E-state index contributed by atoms with van der Waals surface area (Å²) in [7, 11) is 0. The third-order valence-electron chi connectivity index (χ3n) is 7.94. The van der Waals surface area contributed by atoms with Gasteiger partial charge in [0.2, 0.25) is 0 Å². The SMILES string of the molecule is CCCCCCCCCCCCCCCCCSNC#N.CCCCCCCCCCCCCCCCCSNC#N. The molecule has 0 rings (SSSR count). The highest BCUT2D eigenvalue weighted by Crippen LogP contribution is 2.15. The Morgan fingerprint density at radius 1 is 0.333 bits per heavy atom. The van der Waals surface area contributed by atoms with E-state index < -0.39 is 0 Å². The maximum Gasteiger partial charge on any atom is 0.187 e. The van der Waals surface area contributed by atoms with Crippen LogP contribution in [0.15, 0.2) is 0 Å². The van der Waals surface area contributed by atoms with Crippen molar-refractivity contribution in [1.82, 2.24) is 9.44 Å². The van der Waals surface area contributed by atoms with Gasteiger partial charge in [-0.2, -0.15) is 10.5 Å². The summed E-state index contributed by atoms with van der Waals surface area (Å²) in [6, 6.07) is 0. The number of nitrogens with one attached hydrogen (secondary N) is 2. The van der Waals surface area contributed by atoms with Crippen molar-refractivity contribution in [2.24, 2.45) is 0 Å². The zero-order valence-corrected chi connectivity index (χ0v) is 30.0. The number of hydrogen-bond acceptors (Lipinski definition) is 6. The van der Waals surface area contributed by atoms with Crippen LogP contribution in [0.5, 0.6) is 0 Å². The van der Waals surface area contributed by atoms with Gasteiger partial charge in [-0.15, -0.1) is 0 Å². The molecule has 0 aromatic heterocycles. The molecule has 0 bridgehead atoms. The van der Waals surface area contributed by atoms with Crippen molar-refractivity contribution >= 4 is 23.9 Å². The average Bonchev–Trinajstić information content (AvgIpc) is 3.00. The number of unbranched alkanes of at least 4 members (excludes halogenated alkanes) is 28. The fourth-order valence-electron chi connectivity index (χ4n) is 5.26. The molecule has 6 heteroatoms. The second kappa shape index (κ2) is 44.7. The highest BCUT2D eigenvalue weighted by molar-refractivity contribution is 7.97. The molecule has 0 saturated heterocycles. The minimum Gasteiger partial charge on any atom is -0.267 e. The van der Waals surface area contributed by atoms with Crippen molar-refractivity contribution in [3.05, 3.63) is 0 Å². The Kier molecular flexibility index (Phi) is 46.2. The number of rotatable bonds is 34. The Bertz CT molecular complexity index is 499. The summed E-state index contributed by atoms with van der Waals surface area (Å²) >= 11 is 3.06. The molecule has 4 nitrogen and oxygen atoms in total. The summed E-state index contributed by atoms with van der Waals surface area (Å²) in [6.45, 7) is 4.57. The molecule has 0 aliphatic heterocycles. The molecule has 2 N–H and O–H groups in total. The minimum absolute atomic E-state index is 1.06. The molecule has 0 aliphatic rings. The quantitative estimate of drug-likeness (QED) is 0.0321. The molecule has 0 heterocycles. The van der Waals surface area contributed by atoms with E-state index in [0.717, 1.165) is 11.5 Å². The topological polar surface area (TPSA) is 71.6 Å². The average molecular weight is 625 g/mol. The van der Waals surface area contributed by atoms with E-state index in [1.807, 2.05) is 12.4 Å². The van der Waals surface area contributed by atoms with Crippen LogP contribution < -0.4 is 9.44 Å². The van der Waals surface area contributed by atoms with Crippen LogP contribution in [0.25, 0.3) is 0 Å². The summed E-state index contributed by atoms with van der Waals surface area (Å²) in [6.07, 6.45) is 46.1. The van der Waals surface area contributed by atoms with Crippen LogP contribution in [0.4, 0.5) is 0 Å². The van der Waals surface area contributed by atoms with Crippen LogP contribution in [-0.2, 0) is 0 Å². The van der Waals surface area contributed by atoms with E-state index in [4.69, 9.17) is 10.5 Å². The molecule has 0 radical (unpaired) electrons. The van der Waals surface area contributed by atoms with Crippen molar-refractivity contribution in [3.8, 4) is 12.4 Å². The molecule has 0 spiro atoms. The molecule has 0 aromatic carbocycles. The van der Waals surface area contributed by atoms with E-state index in [1.54, 1.807) is 0 Å². The van der Waals surface area contributed by atoms with Crippen LogP contribution in [0.1, 0.15) is 206 Å². The molecule has 248 valence electrons. The first-order valence-electron chi connectivity index (χ1n) is 18.3. The van der Waals surface area contributed by atoms with Gasteiger partial charge in [0.1, 0.15) is 0 Å². The largest absolute Gasteiger partial charge is 0.267 e. The van der Waals surface area contributed by atoms with Gasteiger partial charge in [-0.25, -0.2) is 0 Å². The Morgan fingerprint density at radius 3 is 0.714 bits per heavy atom. The van der Waals surface area contributed by atoms with Gasteiger partial charge in [-0.1, -0.05) is 194 Å². The first-order valence-corrected chi connectivity index (χ1v) is 20.3. The molecule has 0 unspecified atom stereocenters. The van der Waals surface area contributed by atoms with Crippen molar-refractivity contribution in [1.29, 1.82) is 10.5 Å². The molecule has 0 aliphatic carbocycles. The first-order chi connectivity index (χ1) is 20.8. The molecule has 0 aromatic rings. The van der Waals surface area contributed by atoms with Gasteiger partial charge in [0, 0.05) is 11.5 Å². The summed E-state index contributed by atoms with van der Waals surface area (Å²) in [5.41, 5.74) is 0. The van der Waals surface area contributed by atoms with E-state index in [2.05, 4.69) is 23.3 Å². The van der Waals surface area contributed by atoms with Gasteiger partial charge in [0.15, 0.2) is 12.4 Å². The van der Waals surface area contributed by atoms with Gasteiger partial charge in [0.05, 0.1) is 0 Å². The van der Waals surface area contributed by atoms with Crippen LogP contribution in [0.3, 0.4) is 0 Å². The highest BCUT2D eigenvalue weighted by Gasteiger charge is 1.96. The van der Waals surface area contributed by atoms with E-state index in [0.29, 0.717) is 0 Å². The van der Waals surface area contributed by atoms with E-state index in [9.17, 15) is 0 Å². The number of nitrogens with zero attached hydrogens (tertiary/aromatic N) is 2. The van der Waals surface area contributed by atoms with E-state index in [-0.39, 0.29) is 0 Å². The maximum absolute atomic E-state index is 8.31. The second-order valence-corrected chi connectivity index (χ2v) is 13.8. The summed E-state index contributed by atoms with van der Waals surface area (Å²) in [5, 5.41) is 16.6. The Hall–Kier alpha value is -0.720. The van der Waals surface area contributed by atoms with Crippen molar-refractivity contribution in [2.75, 3.05) is 11.5 Å². The van der Waals surface area contributed by atoms with Gasteiger partial charge in [0.25, 0.3) is 0 Å². The van der Waals surface area contributed by atoms with Gasteiger partial charge in [-0.3, -0.25) is 9.44 Å². The van der Waals surface area contributed by atoms with Gasteiger partial charge >= 0.3 is 0 Å². The molecule has 0 fully saturated rings. The van der Waals surface area contributed by atoms with Crippen LogP contribution in [-0.4, -0.2) is 11.5 Å². The lowest BCUT2D eigenvalue weighted by atomic mass is 10.0. The normalized spacial score (nSPS) is 10.5. The van der Waals surface area contributed by atoms with Crippen molar-refractivity contribution < 1.29 is 0 Å². The lowest BCUT2D eigenvalue weighted by Gasteiger charge is -2.03. The molecule has 0 atom stereocenters. The predicted molar refractivity (Wildman–Crippen MR) is 192 cm³/mol. The molecular weight excluding hydrogens is 553 g/mol. The Balaban J connectivity index is 0. The third kappa shape index (κ3) is 46.2. The fourth-order valence-corrected chi connectivity index (χ4v) is 6.29. The second-order valence-electron chi connectivity index (χ2n) is 12.0. The smallest absolute Gasteiger partial charge is 0.187 e. The van der Waals surface area contributed by atoms with Crippen molar-refractivity contribution in [2.45, 2.75) is 206 Å². The van der Waals surface area contributed by atoms with Gasteiger partial charge < -0.3 is 0 Å². The fraction of sp³-hybridized carbons (Fsp3) is 0.944. The Morgan fingerprint density at radius 2 is 0.524 bits per heavy atom. The van der Waals surface area contributed by atoms with Crippen molar-refractivity contribution in [3.63, 3.8) is 0 Å². The lowest BCUT2D eigenvalue weighted by molar-refractivity contribution is 0.535. The molecular formula is C36H72N4S2. The number of nitriles is 2. The minimum atomic E-state index is 1.06. The first kappa shape index (κ1) is 43.4. The third-order valence-corrected chi connectivity index (χ3v) is 9.39. The number of hydrogen-bond donors (Lipinski definition) is 2. The van der Waals surface area contributed by atoms with E-state index >= 15 is 0 Å².